The summed E-state index contributed by atoms with van der Waals surface area (Å²) in [5.74, 6) is 2.14. The van der Waals surface area contributed by atoms with Crippen molar-refractivity contribution in [2.24, 2.45) is 5.92 Å². The molecule has 1 aromatic heterocycles. The number of benzene rings is 1. The standard InChI is InChI=1S/C14H19N3OS2/c1-3-9(2)7-19-8-13(18)17-14-16-11-5-4-10(15)6-12(11)20-14/h4-6,9H,3,7-8,15H2,1-2H3,(H,16,17,18). The Balaban J connectivity index is 1.89. The zero-order chi connectivity index (χ0) is 14.5. The highest BCUT2D eigenvalue weighted by Gasteiger charge is 2.09. The van der Waals surface area contributed by atoms with Crippen LogP contribution in [0.25, 0.3) is 10.2 Å². The van der Waals surface area contributed by atoms with Crippen LogP contribution in [0.15, 0.2) is 18.2 Å². The van der Waals surface area contributed by atoms with Gasteiger partial charge in [-0.3, -0.25) is 4.79 Å². The second-order valence-electron chi connectivity index (χ2n) is 4.82. The van der Waals surface area contributed by atoms with Crippen molar-refractivity contribution in [3.8, 4) is 0 Å². The molecule has 2 rings (SSSR count). The van der Waals surface area contributed by atoms with Crippen LogP contribution < -0.4 is 11.1 Å². The van der Waals surface area contributed by atoms with E-state index in [2.05, 4.69) is 24.1 Å². The molecule has 1 atom stereocenters. The van der Waals surface area contributed by atoms with Gasteiger partial charge in [-0.05, 0) is 29.9 Å². The maximum Gasteiger partial charge on any atom is 0.236 e. The first-order chi connectivity index (χ1) is 9.58. The number of thioether (sulfide) groups is 1. The number of carbonyl (C=O) groups excluding carboxylic acids is 1. The van der Waals surface area contributed by atoms with Crippen molar-refractivity contribution in [2.75, 3.05) is 22.6 Å². The zero-order valence-corrected chi connectivity index (χ0v) is 13.3. The van der Waals surface area contributed by atoms with E-state index in [1.165, 1.54) is 11.3 Å². The van der Waals surface area contributed by atoms with Crippen LogP contribution >= 0.6 is 23.1 Å². The molecule has 0 fully saturated rings. The summed E-state index contributed by atoms with van der Waals surface area (Å²) in [4.78, 5) is 16.2. The second kappa shape index (κ2) is 6.95. The number of anilines is 2. The molecule has 0 bridgehead atoms. The number of rotatable bonds is 6. The van der Waals surface area contributed by atoms with E-state index in [1.807, 2.05) is 18.2 Å². The molecule has 0 aliphatic heterocycles. The second-order valence-corrected chi connectivity index (χ2v) is 6.88. The van der Waals surface area contributed by atoms with E-state index < -0.39 is 0 Å². The summed E-state index contributed by atoms with van der Waals surface area (Å²) >= 11 is 3.12. The molecule has 0 aliphatic carbocycles. The summed E-state index contributed by atoms with van der Waals surface area (Å²) < 4.78 is 0.993. The molecule has 108 valence electrons. The number of nitrogens with one attached hydrogen (secondary N) is 1. The van der Waals surface area contributed by atoms with Gasteiger partial charge in [0, 0.05) is 5.69 Å². The van der Waals surface area contributed by atoms with Gasteiger partial charge in [0.2, 0.25) is 5.91 Å². The lowest BCUT2D eigenvalue weighted by atomic mass is 10.2. The number of nitrogens with two attached hydrogens (primary N) is 1. The molecule has 0 spiro atoms. The van der Waals surface area contributed by atoms with Gasteiger partial charge in [-0.2, -0.15) is 11.8 Å². The predicted molar refractivity (Wildman–Crippen MR) is 89.4 cm³/mol. The number of hydrogen-bond donors (Lipinski definition) is 2. The molecule has 2 aromatic rings. The van der Waals surface area contributed by atoms with Crippen LogP contribution in [0.4, 0.5) is 10.8 Å². The number of fused-ring (bicyclic) bond motifs is 1. The fourth-order valence-electron chi connectivity index (χ4n) is 1.62. The Morgan fingerprint density at radius 2 is 2.35 bits per heavy atom. The molecule has 0 aliphatic rings. The fourth-order valence-corrected chi connectivity index (χ4v) is 3.56. The number of carbonyl (C=O) groups is 1. The maximum atomic E-state index is 11.8. The lowest BCUT2D eigenvalue weighted by Crippen LogP contribution is -2.14. The minimum Gasteiger partial charge on any atom is -0.399 e. The van der Waals surface area contributed by atoms with E-state index in [-0.39, 0.29) is 5.91 Å². The van der Waals surface area contributed by atoms with E-state index in [9.17, 15) is 4.79 Å². The summed E-state index contributed by atoms with van der Waals surface area (Å²) in [7, 11) is 0. The molecule has 0 saturated carbocycles. The van der Waals surface area contributed by atoms with Crippen LogP contribution in [-0.2, 0) is 4.79 Å². The topological polar surface area (TPSA) is 68.0 Å². The fraction of sp³-hybridized carbons (Fsp3) is 0.429. The van der Waals surface area contributed by atoms with Crippen LogP contribution in [-0.4, -0.2) is 22.4 Å². The average molecular weight is 309 g/mol. The molecule has 1 amide bonds. The Kier molecular flexibility index (Phi) is 5.25. The SMILES string of the molecule is CCC(C)CSCC(=O)Nc1nc2ccc(N)cc2s1. The van der Waals surface area contributed by atoms with Gasteiger partial charge >= 0.3 is 0 Å². The predicted octanol–water partition coefficient (Wildman–Crippen LogP) is 3.60. The van der Waals surface area contributed by atoms with Gasteiger partial charge in [-0.15, -0.1) is 0 Å². The highest BCUT2D eigenvalue weighted by atomic mass is 32.2. The molecule has 0 radical (unpaired) electrons. The number of nitrogens with zero attached hydrogens (tertiary/aromatic N) is 1. The van der Waals surface area contributed by atoms with Crippen LogP contribution in [0.5, 0.6) is 0 Å². The Hall–Kier alpha value is -1.27. The van der Waals surface area contributed by atoms with Gasteiger partial charge in [0.25, 0.3) is 0 Å². The Labute approximate surface area is 127 Å². The summed E-state index contributed by atoms with van der Waals surface area (Å²) in [5, 5.41) is 3.49. The molecule has 3 N–H and O–H groups in total. The maximum absolute atomic E-state index is 11.8. The van der Waals surface area contributed by atoms with Crippen molar-refractivity contribution in [1.82, 2.24) is 4.98 Å². The van der Waals surface area contributed by atoms with Crippen molar-refractivity contribution in [3.05, 3.63) is 18.2 Å². The summed E-state index contributed by atoms with van der Waals surface area (Å²) in [5.41, 5.74) is 7.31. The van der Waals surface area contributed by atoms with Crippen LogP contribution in [0.1, 0.15) is 20.3 Å². The molecule has 1 aromatic carbocycles. The summed E-state index contributed by atoms with van der Waals surface area (Å²) in [6.07, 6.45) is 1.15. The van der Waals surface area contributed by atoms with Gasteiger partial charge in [0.15, 0.2) is 5.13 Å². The third kappa shape index (κ3) is 4.11. The molecule has 20 heavy (non-hydrogen) atoms. The van der Waals surface area contributed by atoms with Gasteiger partial charge in [-0.1, -0.05) is 31.6 Å². The third-order valence-corrected chi connectivity index (χ3v) is 5.20. The van der Waals surface area contributed by atoms with E-state index in [4.69, 9.17) is 5.73 Å². The Morgan fingerprint density at radius 1 is 1.55 bits per heavy atom. The number of nitrogen functional groups attached to an aromatic ring is 1. The molecule has 6 heteroatoms. The average Bonchev–Trinajstić information content (AvgIpc) is 2.79. The highest BCUT2D eigenvalue weighted by Crippen LogP contribution is 2.27. The largest absolute Gasteiger partial charge is 0.399 e. The van der Waals surface area contributed by atoms with Crippen LogP contribution in [0, 0.1) is 5.92 Å². The lowest BCUT2D eigenvalue weighted by Gasteiger charge is -2.06. The first kappa shape index (κ1) is 15.1. The lowest BCUT2D eigenvalue weighted by molar-refractivity contribution is -0.113. The van der Waals surface area contributed by atoms with E-state index in [0.717, 1.165) is 22.4 Å². The Morgan fingerprint density at radius 3 is 3.10 bits per heavy atom. The van der Waals surface area contributed by atoms with Gasteiger partial charge in [0.05, 0.1) is 16.0 Å². The molecule has 1 heterocycles. The normalized spacial score (nSPS) is 12.5. The van der Waals surface area contributed by atoms with Crippen molar-refractivity contribution in [2.45, 2.75) is 20.3 Å². The number of amides is 1. The summed E-state index contributed by atoms with van der Waals surface area (Å²) in [6, 6.07) is 5.56. The number of thiazole rings is 1. The number of aromatic nitrogens is 1. The molecular weight excluding hydrogens is 290 g/mol. The van der Waals surface area contributed by atoms with Crippen molar-refractivity contribution >= 4 is 50.0 Å². The third-order valence-electron chi connectivity index (χ3n) is 2.99. The summed E-state index contributed by atoms with van der Waals surface area (Å²) in [6.45, 7) is 4.36. The van der Waals surface area contributed by atoms with Gasteiger partial charge < -0.3 is 11.1 Å². The number of hydrogen-bond acceptors (Lipinski definition) is 5. The van der Waals surface area contributed by atoms with E-state index in [0.29, 0.717) is 22.5 Å². The van der Waals surface area contributed by atoms with Gasteiger partial charge in [-0.25, -0.2) is 4.98 Å². The zero-order valence-electron chi connectivity index (χ0n) is 11.7. The Bertz CT molecular complexity index is 597. The van der Waals surface area contributed by atoms with E-state index in [1.54, 1.807) is 11.8 Å². The minimum atomic E-state index is 0.00494. The first-order valence-electron chi connectivity index (χ1n) is 6.62. The molecule has 4 nitrogen and oxygen atoms in total. The molecule has 0 saturated heterocycles. The highest BCUT2D eigenvalue weighted by molar-refractivity contribution is 7.99. The first-order valence-corrected chi connectivity index (χ1v) is 8.59. The molecule has 1 unspecified atom stereocenters. The molecular formula is C14H19N3OS2. The van der Waals surface area contributed by atoms with Crippen molar-refractivity contribution < 1.29 is 4.79 Å². The smallest absolute Gasteiger partial charge is 0.236 e. The quantitative estimate of drug-likeness (QED) is 0.800. The monoisotopic (exact) mass is 309 g/mol. The van der Waals surface area contributed by atoms with Crippen molar-refractivity contribution in [1.29, 1.82) is 0 Å². The van der Waals surface area contributed by atoms with Crippen LogP contribution in [0.2, 0.25) is 0 Å². The van der Waals surface area contributed by atoms with Crippen LogP contribution in [0.3, 0.4) is 0 Å². The van der Waals surface area contributed by atoms with Crippen molar-refractivity contribution in [3.63, 3.8) is 0 Å². The van der Waals surface area contributed by atoms with E-state index >= 15 is 0 Å². The minimum absolute atomic E-state index is 0.00494. The van der Waals surface area contributed by atoms with Gasteiger partial charge in [0.1, 0.15) is 0 Å².